The van der Waals surface area contributed by atoms with Gasteiger partial charge in [-0.05, 0) is 68.0 Å². The predicted molar refractivity (Wildman–Crippen MR) is 121 cm³/mol. The zero-order valence-corrected chi connectivity index (χ0v) is 18.8. The van der Waals surface area contributed by atoms with Gasteiger partial charge in [0.2, 0.25) is 0 Å². The van der Waals surface area contributed by atoms with E-state index in [2.05, 4.69) is 56.6 Å². The van der Waals surface area contributed by atoms with Crippen molar-refractivity contribution in [1.82, 2.24) is 10.3 Å². The number of benzene rings is 2. The highest BCUT2D eigenvalue weighted by Crippen LogP contribution is 2.37. The zero-order chi connectivity index (χ0) is 20.6. The number of aromatic amines is 1. The minimum absolute atomic E-state index is 0.0879. The number of fused-ring (bicyclic) bond motifs is 3. The molecule has 5 heteroatoms. The van der Waals surface area contributed by atoms with E-state index < -0.39 is 5.60 Å². The van der Waals surface area contributed by atoms with Crippen LogP contribution in [0.1, 0.15) is 61.2 Å². The number of halogens is 1. The third-order valence-corrected chi connectivity index (χ3v) is 6.42. The summed E-state index contributed by atoms with van der Waals surface area (Å²) in [5, 5.41) is 15.4. The molecule has 0 amide bonds. The smallest absolute Gasteiger partial charge is 0.0840 e. The summed E-state index contributed by atoms with van der Waals surface area (Å²) in [5.74, 6) is 0. The van der Waals surface area contributed by atoms with Crippen molar-refractivity contribution < 1.29 is 9.84 Å². The lowest BCUT2D eigenvalue weighted by molar-refractivity contribution is 0.0785. The standard InChI is InChI=1S/C24H29BrN2O2/c1-24(2,28)16-9-7-15(8-10-16)22(14-29-3)26-21-6-4-5-18-19-13-17(25)11-12-20(19)27-23(18)21/h7-13,21-22,26-28H,4-6,14H2,1-3H3/t21-,22+/m1/s1. The highest BCUT2D eigenvalue weighted by molar-refractivity contribution is 9.10. The first-order chi connectivity index (χ1) is 13.9. The maximum absolute atomic E-state index is 10.2. The Morgan fingerprint density at radius 2 is 2.00 bits per heavy atom. The molecule has 3 aromatic rings. The molecule has 154 valence electrons. The Morgan fingerprint density at radius 1 is 1.24 bits per heavy atom. The first kappa shape index (κ1) is 20.6. The van der Waals surface area contributed by atoms with Crippen molar-refractivity contribution in [2.45, 2.75) is 50.8 Å². The lowest BCUT2D eigenvalue weighted by atomic mass is 9.90. The van der Waals surface area contributed by atoms with Crippen LogP contribution in [0.4, 0.5) is 0 Å². The lowest BCUT2D eigenvalue weighted by Gasteiger charge is -2.29. The Bertz CT molecular complexity index is 989. The van der Waals surface area contributed by atoms with Crippen LogP contribution in [0, 0.1) is 0 Å². The summed E-state index contributed by atoms with van der Waals surface area (Å²) < 4.78 is 6.65. The van der Waals surface area contributed by atoms with Gasteiger partial charge in [0.1, 0.15) is 0 Å². The highest BCUT2D eigenvalue weighted by Gasteiger charge is 2.27. The van der Waals surface area contributed by atoms with Gasteiger partial charge in [-0.2, -0.15) is 0 Å². The lowest BCUT2D eigenvalue weighted by Crippen LogP contribution is -2.32. The third kappa shape index (κ3) is 4.29. The van der Waals surface area contributed by atoms with E-state index in [1.54, 1.807) is 7.11 Å². The molecule has 0 unspecified atom stereocenters. The van der Waals surface area contributed by atoms with E-state index in [4.69, 9.17) is 4.74 Å². The fraction of sp³-hybridized carbons (Fsp3) is 0.417. The molecule has 1 heterocycles. The average Bonchev–Trinajstić information content (AvgIpc) is 3.06. The first-order valence-corrected chi connectivity index (χ1v) is 11.0. The number of methoxy groups -OCH3 is 1. The van der Waals surface area contributed by atoms with Gasteiger partial charge in [0.15, 0.2) is 0 Å². The van der Waals surface area contributed by atoms with E-state index in [9.17, 15) is 5.11 Å². The number of rotatable bonds is 6. The molecule has 0 radical (unpaired) electrons. The number of nitrogens with one attached hydrogen (secondary N) is 2. The van der Waals surface area contributed by atoms with Gasteiger partial charge in [0.25, 0.3) is 0 Å². The van der Waals surface area contributed by atoms with E-state index in [1.165, 1.54) is 34.1 Å². The largest absolute Gasteiger partial charge is 0.386 e. The van der Waals surface area contributed by atoms with E-state index >= 15 is 0 Å². The van der Waals surface area contributed by atoms with Crippen LogP contribution in [0.5, 0.6) is 0 Å². The van der Waals surface area contributed by atoms with Crippen molar-refractivity contribution in [2.75, 3.05) is 13.7 Å². The van der Waals surface area contributed by atoms with Crippen molar-refractivity contribution in [3.05, 3.63) is 69.3 Å². The maximum Gasteiger partial charge on any atom is 0.0840 e. The van der Waals surface area contributed by atoms with E-state index in [-0.39, 0.29) is 12.1 Å². The SMILES string of the molecule is COC[C@H](N[C@@H]1CCCc2c1[nH]c1ccc(Br)cc21)c1ccc(C(C)(C)O)cc1. The van der Waals surface area contributed by atoms with Crippen LogP contribution < -0.4 is 5.32 Å². The average molecular weight is 457 g/mol. The van der Waals surface area contributed by atoms with Crippen LogP contribution in [0.2, 0.25) is 0 Å². The second kappa shape index (κ2) is 8.23. The Hall–Kier alpha value is -1.66. The minimum atomic E-state index is -0.834. The Balaban J connectivity index is 1.62. The molecule has 0 saturated heterocycles. The molecule has 1 aliphatic carbocycles. The van der Waals surface area contributed by atoms with Crippen LogP contribution in [0.3, 0.4) is 0 Å². The topological polar surface area (TPSA) is 57.3 Å². The van der Waals surface area contributed by atoms with Gasteiger partial charge in [-0.1, -0.05) is 40.2 Å². The van der Waals surface area contributed by atoms with Gasteiger partial charge in [-0.3, -0.25) is 5.32 Å². The van der Waals surface area contributed by atoms with Crippen LogP contribution in [-0.2, 0) is 16.8 Å². The number of H-pyrrole nitrogens is 1. The number of ether oxygens (including phenoxy) is 1. The quantitative estimate of drug-likeness (QED) is 0.457. The summed E-state index contributed by atoms with van der Waals surface area (Å²) in [6, 6.07) is 15.0. The Morgan fingerprint density at radius 3 is 2.69 bits per heavy atom. The van der Waals surface area contributed by atoms with Gasteiger partial charge in [0.05, 0.1) is 18.2 Å². The number of aliphatic hydroxyl groups is 1. The third-order valence-electron chi connectivity index (χ3n) is 5.92. The zero-order valence-electron chi connectivity index (χ0n) is 17.3. The molecule has 0 aliphatic heterocycles. The van der Waals surface area contributed by atoms with Crippen molar-refractivity contribution >= 4 is 26.8 Å². The number of aromatic nitrogens is 1. The second-order valence-corrected chi connectivity index (χ2v) is 9.42. The minimum Gasteiger partial charge on any atom is -0.386 e. The fourth-order valence-corrected chi connectivity index (χ4v) is 4.74. The molecular formula is C24H29BrN2O2. The molecule has 29 heavy (non-hydrogen) atoms. The van der Waals surface area contributed by atoms with E-state index in [0.717, 1.165) is 22.9 Å². The monoisotopic (exact) mass is 456 g/mol. The summed E-state index contributed by atoms with van der Waals surface area (Å²) in [6.07, 6.45) is 3.38. The summed E-state index contributed by atoms with van der Waals surface area (Å²) in [4.78, 5) is 3.66. The highest BCUT2D eigenvalue weighted by atomic mass is 79.9. The Kier molecular flexibility index (Phi) is 5.85. The summed E-state index contributed by atoms with van der Waals surface area (Å²) in [6.45, 7) is 4.22. The molecule has 4 nitrogen and oxygen atoms in total. The molecule has 0 fully saturated rings. The van der Waals surface area contributed by atoms with Crippen LogP contribution in [0.25, 0.3) is 10.9 Å². The molecular weight excluding hydrogens is 428 g/mol. The van der Waals surface area contributed by atoms with Gasteiger partial charge in [-0.15, -0.1) is 0 Å². The summed E-state index contributed by atoms with van der Waals surface area (Å²) in [7, 11) is 1.74. The van der Waals surface area contributed by atoms with Crippen molar-refractivity contribution in [1.29, 1.82) is 0 Å². The molecule has 0 saturated carbocycles. The molecule has 0 spiro atoms. The number of aryl methyl sites for hydroxylation is 1. The van der Waals surface area contributed by atoms with Gasteiger partial charge in [0, 0.05) is 34.2 Å². The first-order valence-electron chi connectivity index (χ1n) is 10.2. The molecule has 1 aliphatic rings. The maximum atomic E-state index is 10.2. The number of hydrogen-bond acceptors (Lipinski definition) is 3. The van der Waals surface area contributed by atoms with Crippen LogP contribution in [0.15, 0.2) is 46.9 Å². The van der Waals surface area contributed by atoms with Crippen LogP contribution >= 0.6 is 15.9 Å². The summed E-state index contributed by atoms with van der Waals surface area (Å²) in [5.41, 5.74) is 5.19. The second-order valence-electron chi connectivity index (χ2n) is 8.51. The fourth-order valence-electron chi connectivity index (χ4n) is 4.37. The molecule has 2 atom stereocenters. The predicted octanol–water partition coefficient (Wildman–Crippen LogP) is 5.51. The van der Waals surface area contributed by atoms with Gasteiger partial charge < -0.3 is 14.8 Å². The van der Waals surface area contributed by atoms with E-state index in [0.29, 0.717) is 6.61 Å². The number of hydrogen-bond donors (Lipinski definition) is 3. The molecule has 0 bridgehead atoms. The van der Waals surface area contributed by atoms with E-state index in [1.807, 2.05) is 26.0 Å². The molecule has 2 aromatic carbocycles. The van der Waals surface area contributed by atoms with Gasteiger partial charge in [-0.25, -0.2) is 0 Å². The Labute approximate surface area is 180 Å². The van der Waals surface area contributed by atoms with Crippen molar-refractivity contribution in [3.8, 4) is 0 Å². The molecule has 4 rings (SSSR count). The van der Waals surface area contributed by atoms with Crippen molar-refractivity contribution in [2.24, 2.45) is 0 Å². The van der Waals surface area contributed by atoms with Gasteiger partial charge >= 0.3 is 0 Å². The van der Waals surface area contributed by atoms with Crippen molar-refractivity contribution in [3.63, 3.8) is 0 Å². The summed E-state index contributed by atoms with van der Waals surface area (Å²) >= 11 is 3.61. The molecule has 1 aromatic heterocycles. The molecule has 3 N–H and O–H groups in total. The normalized spacial score (nSPS) is 18.0. The van der Waals surface area contributed by atoms with Crippen LogP contribution in [-0.4, -0.2) is 23.8 Å².